The summed E-state index contributed by atoms with van der Waals surface area (Å²) in [5.41, 5.74) is 1.50. The third-order valence-electron chi connectivity index (χ3n) is 3.83. The maximum atomic E-state index is 14.2. The van der Waals surface area contributed by atoms with E-state index in [2.05, 4.69) is 15.6 Å². The van der Waals surface area contributed by atoms with Gasteiger partial charge in [-0.25, -0.2) is 9.38 Å². The predicted molar refractivity (Wildman–Crippen MR) is 90.8 cm³/mol. The van der Waals surface area contributed by atoms with Crippen molar-refractivity contribution in [1.29, 1.82) is 5.26 Å². The first-order chi connectivity index (χ1) is 11.4. The number of rotatable bonds is 2. The van der Waals surface area contributed by atoms with E-state index in [0.29, 0.717) is 29.5 Å². The number of Topliss-reactive ketones (excluding diaryl/α,β-unsaturated/α-hetero) is 1. The van der Waals surface area contributed by atoms with Crippen molar-refractivity contribution in [3.05, 3.63) is 28.6 Å². The number of hydrogen-bond acceptors (Lipinski definition) is 5. The zero-order valence-corrected chi connectivity index (χ0v) is 14.4. The lowest BCUT2D eigenvalue weighted by molar-refractivity contribution is -0.119. The van der Waals surface area contributed by atoms with Gasteiger partial charge in [0.05, 0.1) is 11.7 Å². The largest absolute Gasteiger partial charge is 0.346 e. The molecule has 126 valence electrons. The molecule has 0 radical (unpaired) electrons. The number of hydrogen-bond donors (Lipinski definition) is 2. The van der Waals surface area contributed by atoms with Gasteiger partial charge in [0.15, 0.2) is 17.1 Å². The Morgan fingerprint density at radius 3 is 2.83 bits per heavy atom. The van der Waals surface area contributed by atoms with E-state index < -0.39 is 11.9 Å². The van der Waals surface area contributed by atoms with Crippen molar-refractivity contribution < 1.29 is 14.0 Å². The summed E-state index contributed by atoms with van der Waals surface area (Å²) in [6, 6.07) is 0.549. The van der Waals surface area contributed by atoms with Crippen LogP contribution < -0.4 is 10.6 Å². The number of aliphatic imine (C=N–C) groups is 1. The highest BCUT2D eigenvalue weighted by atomic mass is 32.2. The van der Waals surface area contributed by atoms with Crippen molar-refractivity contribution in [2.24, 2.45) is 4.99 Å². The molecule has 8 heteroatoms. The molecule has 0 bridgehead atoms. The topological polar surface area (TPSA) is 94.3 Å². The number of nitrogens with zero attached hydrogens (tertiary/aromatic N) is 2. The molecule has 1 aliphatic carbocycles. The molecule has 1 unspecified atom stereocenters. The molecule has 0 saturated carbocycles. The lowest BCUT2D eigenvalue weighted by Crippen LogP contribution is -2.42. The minimum absolute atomic E-state index is 0.167. The number of nitriles is 1. The Morgan fingerprint density at radius 2 is 2.25 bits per heavy atom. The predicted octanol–water partition coefficient (Wildman–Crippen LogP) is 2.19. The second kappa shape index (κ2) is 7.45. The molecule has 2 N–H and O–H groups in total. The van der Waals surface area contributed by atoms with Crippen LogP contribution in [0.25, 0.3) is 0 Å². The van der Waals surface area contributed by atoms with Crippen molar-refractivity contribution in [3.63, 3.8) is 0 Å². The Kier molecular flexibility index (Phi) is 5.57. The molecule has 1 amide bonds. The number of amides is 1. The summed E-state index contributed by atoms with van der Waals surface area (Å²) < 4.78 is 14.2. The summed E-state index contributed by atoms with van der Waals surface area (Å²) in [5.74, 6) is -1.03. The van der Waals surface area contributed by atoms with Gasteiger partial charge in [0.2, 0.25) is 5.91 Å². The number of thioether (sulfide) groups is 1. The van der Waals surface area contributed by atoms with Crippen molar-refractivity contribution in [2.45, 2.75) is 32.7 Å². The van der Waals surface area contributed by atoms with E-state index in [1.54, 1.807) is 19.4 Å². The Labute approximate surface area is 143 Å². The first-order valence-electron chi connectivity index (χ1n) is 7.30. The minimum atomic E-state index is -0.643. The summed E-state index contributed by atoms with van der Waals surface area (Å²) in [6.45, 7) is 2.97. The Bertz CT molecular complexity index is 770. The molecular formula is C16H17FN4O2S. The molecule has 24 heavy (non-hydrogen) atoms. The molecule has 0 saturated heterocycles. The monoisotopic (exact) mass is 348 g/mol. The van der Waals surface area contributed by atoms with Gasteiger partial charge in [0.25, 0.3) is 0 Å². The Hall–Kier alpha value is -2.40. The van der Waals surface area contributed by atoms with Crippen molar-refractivity contribution >= 4 is 34.3 Å². The first-order valence-corrected chi connectivity index (χ1v) is 8.52. The van der Waals surface area contributed by atoms with Crippen molar-refractivity contribution in [2.75, 3.05) is 6.26 Å². The van der Waals surface area contributed by atoms with Gasteiger partial charge in [-0.1, -0.05) is 11.8 Å². The van der Waals surface area contributed by atoms with Crippen LogP contribution >= 0.6 is 11.8 Å². The zero-order valence-electron chi connectivity index (χ0n) is 13.6. The van der Waals surface area contributed by atoms with E-state index in [1.807, 2.05) is 0 Å². The molecule has 2 rings (SSSR count). The SMILES string of the molecule is CSC(=Nc1cc(F)c(C)c2c1C(=O)C(NC(C)=O)CC2)NC#N. The number of carbonyl (C=O) groups is 2. The van der Waals surface area contributed by atoms with Gasteiger partial charge in [0, 0.05) is 18.6 Å². The molecule has 0 heterocycles. The fourth-order valence-corrected chi connectivity index (χ4v) is 3.06. The van der Waals surface area contributed by atoms with E-state index in [1.165, 1.54) is 24.8 Å². The summed E-state index contributed by atoms with van der Waals surface area (Å²) in [4.78, 5) is 28.3. The van der Waals surface area contributed by atoms with Gasteiger partial charge in [-0.2, -0.15) is 5.26 Å². The van der Waals surface area contributed by atoms with Crippen LogP contribution in [0.15, 0.2) is 11.1 Å². The van der Waals surface area contributed by atoms with E-state index in [-0.39, 0.29) is 22.5 Å². The average Bonchev–Trinajstić information content (AvgIpc) is 2.53. The van der Waals surface area contributed by atoms with Crippen LogP contribution in [0, 0.1) is 24.2 Å². The molecule has 1 aliphatic rings. The number of fused-ring (bicyclic) bond motifs is 1. The molecule has 1 aromatic rings. The van der Waals surface area contributed by atoms with Gasteiger partial charge in [-0.3, -0.25) is 14.9 Å². The number of ketones is 1. The number of halogens is 1. The van der Waals surface area contributed by atoms with E-state index >= 15 is 0 Å². The molecule has 0 aliphatic heterocycles. The summed E-state index contributed by atoms with van der Waals surface area (Å²) in [6.07, 6.45) is 4.36. The third-order valence-corrected chi connectivity index (χ3v) is 4.41. The van der Waals surface area contributed by atoms with Gasteiger partial charge < -0.3 is 5.32 Å². The summed E-state index contributed by atoms with van der Waals surface area (Å²) >= 11 is 1.18. The average molecular weight is 348 g/mol. The van der Waals surface area contributed by atoms with Gasteiger partial charge in [-0.05, 0) is 37.1 Å². The van der Waals surface area contributed by atoms with Gasteiger partial charge in [-0.15, -0.1) is 0 Å². The highest BCUT2D eigenvalue weighted by molar-refractivity contribution is 8.13. The molecule has 0 spiro atoms. The molecule has 1 atom stereocenters. The highest BCUT2D eigenvalue weighted by Gasteiger charge is 2.32. The summed E-state index contributed by atoms with van der Waals surface area (Å²) in [5, 5.41) is 14.0. The third kappa shape index (κ3) is 3.57. The Balaban J connectivity index is 2.58. The lowest BCUT2D eigenvalue weighted by Gasteiger charge is -2.26. The number of nitrogens with one attached hydrogen (secondary N) is 2. The first kappa shape index (κ1) is 17.9. The lowest BCUT2D eigenvalue weighted by atomic mass is 9.83. The fourth-order valence-electron chi connectivity index (χ4n) is 2.72. The second-order valence-corrected chi connectivity index (χ2v) is 6.16. The number of carbonyl (C=O) groups excluding carboxylic acids is 2. The minimum Gasteiger partial charge on any atom is -0.346 e. The highest BCUT2D eigenvalue weighted by Crippen LogP contribution is 2.34. The smallest absolute Gasteiger partial charge is 0.217 e. The van der Waals surface area contributed by atoms with E-state index in [9.17, 15) is 14.0 Å². The van der Waals surface area contributed by atoms with Crippen molar-refractivity contribution in [3.8, 4) is 6.19 Å². The second-order valence-electron chi connectivity index (χ2n) is 5.37. The zero-order chi connectivity index (χ0) is 17.9. The molecule has 1 aromatic carbocycles. The standard InChI is InChI=1S/C16H17FN4O2S/c1-8-10-4-5-12(20-9(2)22)15(23)14(10)13(6-11(8)17)21-16(24-3)19-7-18/h6,12H,4-5H2,1-3H3,(H,19,21)(H,20,22). The van der Waals surface area contributed by atoms with E-state index in [4.69, 9.17) is 5.26 Å². The number of amidine groups is 1. The maximum Gasteiger partial charge on any atom is 0.217 e. The number of benzene rings is 1. The Morgan fingerprint density at radius 1 is 1.54 bits per heavy atom. The van der Waals surface area contributed by atoms with Crippen LogP contribution in [-0.4, -0.2) is 29.2 Å². The van der Waals surface area contributed by atoms with E-state index in [0.717, 1.165) is 0 Å². The van der Waals surface area contributed by atoms with Crippen LogP contribution in [0.5, 0.6) is 0 Å². The summed E-state index contributed by atoms with van der Waals surface area (Å²) in [7, 11) is 0. The normalized spacial score (nSPS) is 17.0. The molecule has 0 aromatic heterocycles. The van der Waals surface area contributed by atoms with Crippen LogP contribution in [0.3, 0.4) is 0 Å². The molecule has 0 fully saturated rings. The fraction of sp³-hybridized carbons (Fsp3) is 0.375. The van der Waals surface area contributed by atoms with Crippen LogP contribution in [0.1, 0.15) is 34.8 Å². The van der Waals surface area contributed by atoms with Crippen LogP contribution in [0.2, 0.25) is 0 Å². The van der Waals surface area contributed by atoms with Crippen molar-refractivity contribution in [1.82, 2.24) is 10.6 Å². The molecular weight excluding hydrogens is 331 g/mol. The maximum absolute atomic E-state index is 14.2. The van der Waals surface area contributed by atoms with Crippen LogP contribution in [-0.2, 0) is 11.2 Å². The quantitative estimate of drug-likeness (QED) is 0.370. The van der Waals surface area contributed by atoms with Gasteiger partial charge >= 0.3 is 0 Å². The van der Waals surface area contributed by atoms with Gasteiger partial charge in [0.1, 0.15) is 5.82 Å². The molecule has 6 nitrogen and oxygen atoms in total. The van der Waals surface area contributed by atoms with Crippen LogP contribution in [0.4, 0.5) is 10.1 Å².